The summed E-state index contributed by atoms with van der Waals surface area (Å²) in [6.45, 7) is 1.78. The summed E-state index contributed by atoms with van der Waals surface area (Å²) >= 11 is 0. The fourth-order valence-electron chi connectivity index (χ4n) is 0.467. The molecule has 1 aromatic rings. The standard InChI is InChI=1S/C6H5.C4H8NO.Y/c1-2-4-6-5-3-1;1-3-4(6)5-2;/h1-5H;2-3H2,1H3,(H,5,6);/q2*-1;. The Bertz CT molecular complexity index is 169. The van der Waals surface area contributed by atoms with Crippen molar-refractivity contribution in [1.29, 1.82) is 0 Å². The fourth-order valence-corrected chi connectivity index (χ4v) is 0.467. The van der Waals surface area contributed by atoms with Crippen LogP contribution in [0.4, 0.5) is 0 Å². The summed E-state index contributed by atoms with van der Waals surface area (Å²) in [5.41, 5.74) is 0. The smallest absolute Gasteiger partial charge is 0.190 e. The first-order valence-corrected chi connectivity index (χ1v) is 3.78. The van der Waals surface area contributed by atoms with Gasteiger partial charge in [-0.25, -0.2) is 0 Å². The van der Waals surface area contributed by atoms with Crippen molar-refractivity contribution in [3.8, 4) is 0 Å². The maximum Gasteiger partial charge on any atom is 0.190 e. The molecular formula is C10H13NOY-2. The van der Waals surface area contributed by atoms with Gasteiger partial charge in [-0.1, -0.05) is 6.92 Å². The van der Waals surface area contributed by atoms with Gasteiger partial charge in [-0.2, -0.15) is 36.4 Å². The van der Waals surface area contributed by atoms with Crippen LogP contribution in [0.5, 0.6) is 0 Å². The number of carbonyl (C=O) groups is 1. The molecule has 0 atom stereocenters. The van der Waals surface area contributed by atoms with Crippen molar-refractivity contribution >= 4 is 5.91 Å². The molecule has 2 nitrogen and oxygen atoms in total. The molecule has 0 fully saturated rings. The number of hydrogen-bond donors (Lipinski definition) is 1. The fraction of sp³-hybridized carbons (Fsp3) is 0.200. The van der Waals surface area contributed by atoms with Crippen LogP contribution in [-0.2, 0) is 37.5 Å². The van der Waals surface area contributed by atoms with Crippen molar-refractivity contribution in [3.63, 3.8) is 0 Å². The first-order chi connectivity index (χ1) is 5.81. The zero-order valence-corrected chi connectivity index (χ0v) is 10.6. The maximum absolute atomic E-state index is 10.0. The maximum atomic E-state index is 10.0. The SMILES string of the molecule is [CH2-]NC(=O)CC.[Y].[c-]1ccccc1. The Hall–Kier alpha value is -0.206. The molecule has 0 saturated heterocycles. The summed E-state index contributed by atoms with van der Waals surface area (Å²) in [5, 5.41) is 2.23. The third kappa shape index (κ3) is 11.8. The topological polar surface area (TPSA) is 29.1 Å². The molecule has 3 heteroatoms. The second-order valence-electron chi connectivity index (χ2n) is 2.03. The molecule has 1 radical (unpaired) electrons. The Labute approximate surface area is 105 Å². The minimum atomic E-state index is -0.0185. The number of rotatable bonds is 1. The summed E-state index contributed by atoms with van der Waals surface area (Å²) in [6.07, 6.45) is 0.517. The molecular weight excluding hydrogens is 239 g/mol. The van der Waals surface area contributed by atoms with E-state index in [4.69, 9.17) is 0 Å². The Morgan fingerprint density at radius 2 is 1.92 bits per heavy atom. The number of nitrogens with one attached hydrogen (secondary N) is 1. The van der Waals surface area contributed by atoms with Crippen LogP contribution in [0, 0.1) is 13.1 Å². The average Bonchev–Trinajstić information content (AvgIpc) is 2.20. The molecule has 1 aromatic carbocycles. The largest absolute Gasteiger partial charge is 0.508 e. The van der Waals surface area contributed by atoms with E-state index in [1.807, 2.05) is 30.3 Å². The molecule has 0 aliphatic rings. The number of carbonyl (C=O) groups excluding carboxylic acids is 1. The first-order valence-electron chi connectivity index (χ1n) is 3.78. The summed E-state index contributed by atoms with van der Waals surface area (Å²) < 4.78 is 0. The van der Waals surface area contributed by atoms with Gasteiger partial charge >= 0.3 is 0 Å². The monoisotopic (exact) mass is 252 g/mol. The van der Waals surface area contributed by atoms with E-state index in [-0.39, 0.29) is 38.6 Å². The molecule has 0 aliphatic heterocycles. The van der Waals surface area contributed by atoms with E-state index < -0.39 is 0 Å². The zero-order valence-electron chi connectivity index (χ0n) is 7.79. The molecule has 0 aromatic heterocycles. The Morgan fingerprint density at radius 1 is 1.38 bits per heavy atom. The number of hydrogen-bond acceptors (Lipinski definition) is 1. The van der Waals surface area contributed by atoms with Crippen LogP contribution in [0.15, 0.2) is 30.3 Å². The van der Waals surface area contributed by atoms with Crippen molar-refractivity contribution in [2.75, 3.05) is 0 Å². The molecule has 69 valence electrons. The minimum Gasteiger partial charge on any atom is -0.508 e. The van der Waals surface area contributed by atoms with E-state index in [1.54, 1.807) is 6.92 Å². The van der Waals surface area contributed by atoms with Crippen LogP contribution >= 0.6 is 0 Å². The molecule has 0 unspecified atom stereocenters. The van der Waals surface area contributed by atoms with Gasteiger partial charge in [-0.05, 0) is 0 Å². The molecule has 1 amide bonds. The van der Waals surface area contributed by atoms with E-state index in [0.717, 1.165) is 0 Å². The van der Waals surface area contributed by atoms with Gasteiger partial charge in [0.1, 0.15) is 0 Å². The van der Waals surface area contributed by atoms with E-state index in [1.165, 1.54) is 0 Å². The minimum absolute atomic E-state index is 0. The average molecular weight is 252 g/mol. The second kappa shape index (κ2) is 11.8. The van der Waals surface area contributed by atoms with Gasteiger partial charge in [-0.15, -0.1) is 0 Å². The summed E-state index contributed by atoms with van der Waals surface area (Å²) in [5.74, 6) is -0.0185. The Kier molecular flexibility index (Phi) is 13.9. The van der Waals surface area contributed by atoms with Gasteiger partial charge in [0.05, 0.1) is 0 Å². The Balaban J connectivity index is 0. The van der Waals surface area contributed by atoms with Crippen molar-refractivity contribution in [2.24, 2.45) is 0 Å². The van der Waals surface area contributed by atoms with Gasteiger partial charge in [0, 0.05) is 39.1 Å². The third-order valence-electron chi connectivity index (χ3n) is 1.13. The first kappa shape index (κ1) is 15.3. The van der Waals surface area contributed by atoms with Crippen molar-refractivity contribution in [1.82, 2.24) is 5.32 Å². The molecule has 1 N–H and O–H groups in total. The van der Waals surface area contributed by atoms with Gasteiger partial charge in [0.2, 0.25) is 0 Å². The van der Waals surface area contributed by atoms with Crippen molar-refractivity contribution in [2.45, 2.75) is 13.3 Å². The molecule has 13 heavy (non-hydrogen) atoms. The predicted octanol–water partition coefficient (Wildman–Crippen LogP) is 1.79. The molecule has 0 heterocycles. The number of amides is 1. The number of benzene rings is 1. The molecule has 0 saturated carbocycles. The molecule has 0 aliphatic carbocycles. The normalized spacial score (nSPS) is 7.23. The van der Waals surface area contributed by atoms with Crippen LogP contribution < -0.4 is 5.32 Å². The van der Waals surface area contributed by atoms with Crippen molar-refractivity contribution < 1.29 is 37.5 Å². The van der Waals surface area contributed by atoms with Crippen molar-refractivity contribution in [3.05, 3.63) is 43.4 Å². The zero-order chi connectivity index (χ0) is 9.23. The summed E-state index contributed by atoms with van der Waals surface area (Å²) in [7, 11) is 3.16. The van der Waals surface area contributed by atoms with E-state index >= 15 is 0 Å². The van der Waals surface area contributed by atoms with Crippen LogP contribution in [0.2, 0.25) is 0 Å². The second-order valence-corrected chi connectivity index (χ2v) is 2.03. The van der Waals surface area contributed by atoms with Gasteiger partial charge < -0.3 is 5.32 Å². The van der Waals surface area contributed by atoms with E-state index in [0.29, 0.717) is 6.42 Å². The Morgan fingerprint density at radius 3 is 2.00 bits per heavy atom. The van der Waals surface area contributed by atoms with E-state index in [2.05, 4.69) is 18.4 Å². The summed E-state index contributed by atoms with van der Waals surface area (Å²) in [4.78, 5) is 10.0. The summed E-state index contributed by atoms with van der Waals surface area (Å²) in [6, 6.07) is 12.5. The van der Waals surface area contributed by atoms with Crippen LogP contribution in [-0.4, -0.2) is 5.91 Å². The predicted molar refractivity (Wildman–Crippen MR) is 49.1 cm³/mol. The quantitative estimate of drug-likeness (QED) is 0.758. The third-order valence-corrected chi connectivity index (χ3v) is 1.13. The molecule has 0 bridgehead atoms. The van der Waals surface area contributed by atoms with Crippen LogP contribution in [0.3, 0.4) is 0 Å². The van der Waals surface area contributed by atoms with Gasteiger partial charge in [0.15, 0.2) is 5.91 Å². The van der Waals surface area contributed by atoms with Gasteiger partial charge in [0.25, 0.3) is 0 Å². The van der Waals surface area contributed by atoms with Crippen LogP contribution in [0.1, 0.15) is 13.3 Å². The molecule has 1 rings (SSSR count). The van der Waals surface area contributed by atoms with Crippen LogP contribution in [0.25, 0.3) is 0 Å². The molecule has 0 spiro atoms. The van der Waals surface area contributed by atoms with E-state index in [9.17, 15) is 4.79 Å². The van der Waals surface area contributed by atoms with Gasteiger partial charge in [-0.3, -0.25) is 11.8 Å².